The molecule has 0 heteroatoms. The summed E-state index contributed by atoms with van der Waals surface area (Å²) in [6.45, 7) is 12.2. The molecule has 0 aromatic carbocycles. The van der Waals surface area contributed by atoms with Crippen LogP contribution in [0.25, 0.3) is 0 Å². The fourth-order valence-electron chi connectivity index (χ4n) is 4.47. The zero-order valence-corrected chi connectivity index (χ0v) is 11.2. The van der Waals surface area contributed by atoms with Crippen molar-refractivity contribution < 1.29 is 0 Å². The Hall–Kier alpha value is 0. The molecule has 0 radical (unpaired) electrons. The lowest BCUT2D eigenvalue weighted by Crippen LogP contribution is -2.36. The van der Waals surface area contributed by atoms with Crippen molar-refractivity contribution in [3.63, 3.8) is 0 Å². The zero-order chi connectivity index (χ0) is 11.2. The third kappa shape index (κ3) is 1.85. The van der Waals surface area contributed by atoms with Crippen molar-refractivity contribution in [3.8, 4) is 0 Å². The molecule has 2 saturated carbocycles. The Labute approximate surface area is 95.8 Å². The summed E-state index contributed by atoms with van der Waals surface area (Å²) in [6, 6.07) is 0. The van der Waals surface area contributed by atoms with Crippen LogP contribution in [0.5, 0.6) is 0 Å². The second-order valence-corrected chi connectivity index (χ2v) is 6.81. The van der Waals surface area contributed by atoms with E-state index >= 15 is 0 Å². The van der Waals surface area contributed by atoms with Gasteiger partial charge in [-0.25, -0.2) is 0 Å². The predicted molar refractivity (Wildman–Crippen MR) is 66.7 cm³/mol. The maximum Gasteiger partial charge on any atom is -0.0329 e. The second kappa shape index (κ2) is 4.11. The van der Waals surface area contributed by atoms with Gasteiger partial charge in [-0.15, -0.1) is 0 Å². The van der Waals surface area contributed by atoms with Gasteiger partial charge >= 0.3 is 0 Å². The van der Waals surface area contributed by atoms with E-state index < -0.39 is 0 Å². The smallest absolute Gasteiger partial charge is 0.0329 e. The lowest BCUT2D eigenvalue weighted by Gasteiger charge is -2.42. The SMILES string of the molecule is CC(C)CCC1C(C)C(C)C2C(C)CC12. The molecule has 6 unspecified atom stereocenters. The van der Waals surface area contributed by atoms with E-state index in [1.54, 1.807) is 0 Å². The zero-order valence-electron chi connectivity index (χ0n) is 11.2. The van der Waals surface area contributed by atoms with E-state index in [2.05, 4.69) is 34.6 Å². The molecule has 0 aliphatic heterocycles. The van der Waals surface area contributed by atoms with Gasteiger partial charge < -0.3 is 0 Å². The number of hydrogen-bond donors (Lipinski definition) is 0. The highest BCUT2D eigenvalue weighted by Crippen LogP contribution is 2.60. The fourth-order valence-corrected chi connectivity index (χ4v) is 4.47. The molecule has 88 valence electrons. The van der Waals surface area contributed by atoms with E-state index in [1.807, 2.05) is 0 Å². The minimum absolute atomic E-state index is 0.893. The van der Waals surface area contributed by atoms with Crippen LogP contribution >= 0.6 is 0 Å². The van der Waals surface area contributed by atoms with Crippen LogP contribution in [0.4, 0.5) is 0 Å². The highest BCUT2D eigenvalue weighted by molar-refractivity contribution is 5.02. The third-order valence-corrected chi connectivity index (χ3v) is 5.53. The van der Waals surface area contributed by atoms with Gasteiger partial charge in [0.1, 0.15) is 0 Å². The molecule has 6 atom stereocenters. The normalized spacial score (nSPS) is 49.2. The van der Waals surface area contributed by atoms with E-state index in [0.717, 1.165) is 41.4 Å². The topological polar surface area (TPSA) is 0 Å². The average Bonchev–Trinajstić information content (AvgIpc) is 2.32. The van der Waals surface area contributed by atoms with E-state index in [-0.39, 0.29) is 0 Å². The van der Waals surface area contributed by atoms with Gasteiger partial charge in [-0.05, 0) is 54.3 Å². The first kappa shape index (κ1) is 11.5. The molecule has 15 heavy (non-hydrogen) atoms. The molecule has 0 amide bonds. The lowest BCUT2D eigenvalue weighted by atomic mass is 9.63. The van der Waals surface area contributed by atoms with E-state index in [0.29, 0.717) is 0 Å². The van der Waals surface area contributed by atoms with Crippen LogP contribution in [-0.2, 0) is 0 Å². The Balaban J connectivity index is 1.95. The molecule has 0 aromatic heterocycles. The standard InChI is InChI=1S/C15H28/c1-9(2)6-7-13-11(4)12(5)15-10(3)8-14(13)15/h9-15H,6-8H2,1-5H3. The first-order valence-corrected chi connectivity index (χ1v) is 7.02. The molecular formula is C15H28. The first-order valence-electron chi connectivity index (χ1n) is 7.02. The maximum atomic E-state index is 2.51. The van der Waals surface area contributed by atoms with Gasteiger partial charge in [0.25, 0.3) is 0 Å². The molecule has 0 N–H and O–H groups in total. The van der Waals surface area contributed by atoms with Crippen LogP contribution in [0.1, 0.15) is 53.9 Å². The Bertz CT molecular complexity index is 218. The number of hydrogen-bond acceptors (Lipinski definition) is 0. The van der Waals surface area contributed by atoms with Crippen LogP contribution in [0, 0.1) is 41.4 Å². The minimum Gasteiger partial charge on any atom is -0.0628 e. The van der Waals surface area contributed by atoms with E-state index in [1.165, 1.54) is 19.3 Å². The van der Waals surface area contributed by atoms with Gasteiger partial charge in [-0.1, -0.05) is 41.0 Å². The fraction of sp³-hybridized carbons (Fsp3) is 1.00. The molecule has 0 saturated heterocycles. The molecule has 0 aromatic rings. The van der Waals surface area contributed by atoms with E-state index in [9.17, 15) is 0 Å². The Morgan fingerprint density at radius 2 is 1.73 bits per heavy atom. The molecule has 2 aliphatic rings. The Morgan fingerprint density at radius 3 is 2.20 bits per heavy atom. The second-order valence-electron chi connectivity index (χ2n) is 6.81. The van der Waals surface area contributed by atoms with Crippen molar-refractivity contribution >= 4 is 0 Å². The number of fused-ring (bicyclic) bond motifs is 1. The molecule has 2 fully saturated rings. The molecule has 0 heterocycles. The van der Waals surface area contributed by atoms with Crippen molar-refractivity contribution in [3.05, 3.63) is 0 Å². The van der Waals surface area contributed by atoms with Crippen LogP contribution in [0.2, 0.25) is 0 Å². The van der Waals surface area contributed by atoms with Gasteiger partial charge in [-0.3, -0.25) is 0 Å². The molecule has 0 nitrogen and oxygen atoms in total. The highest BCUT2D eigenvalue weighted by atomic mass is 14.6. The van der Waals surface area contributed by atoms with Crippen molar-refractivity contribution in [2.45, 2.75) is 53.9 Å². The third-order valence-electron chi connectivity index (χ3n) is 5.53. The summed E-state index contributed by atoms with van der Waals surface area (Å²) in [5.41, 5.74) is 0. The van der Waals surface area contributed by atoms with Crippen molar-refractivity contribution in [1.29, 1.82) is 0 Å². The van der Waals surface area contributed by atoms with Crippen LogP contribution in [0.15, 0.2) is 0 Å². The summed E-state index contributed by atoms with van der Waals surface area (Å²) in [6.07, 6.45) is 4.47. The van der Waals surface area contributed by atoms with Crippen molar-refractivity contribution in [1.82, 2.24) is 0 Å². The maximum absolute atomic E-state index is 2.51. The first-order chi connectivity index (χ1) is 7.02. The van der Waals surface area contributed by atoms with Crippen LogP contribution in [0.3, 0.4) is 0 Å². The van der Waals surface area contributed by atoms with Crippen LogP contribution < -0.4 is 0 Å². The summed E-state index contributed by atoms with van der Waals surface area (Å²) in [5.74, 6) is 7.14. The summed E-state index contributed by atoms with van der Waals surface area (Å²) in [4.78, 5) is 0. The molecule has 2 rings (SSSR count). The quantitative estimate of drug-likeness (QED) is 0.636. The molecule has 2 aliphatic carbocycles. The van der Waals surface area contributed by atoms with Gasteiger partial charge in [0, 0.05) is 0 Å². The molecular weight excluding hydrogens is 180 g/mol. The lowest BCUT2D eigenvalue weighted by molar-refractivity contribution is 0.0626. The monoisotopic (exact) mass is 208 g/mol. The van der Waals surface area contributed by atoms with Gasteiger partial charge in [0.2, 0.25) is 0 Å². The van der Waals surface area contributed by atoms with Crippen LogP contribution in [-0.4, -0.2) is 0 Å². The van der Waals surface area contributed by atoms with Gasteiger partial charge in [0.05, 0.1) is 0 Å². The summed E-state index contributed by atoms with van der Waals surface area (Å²) < 4.78 is 0. The van der Waals surface area contributed by atoms with Crippen molar-refractivity contribution in [2.24, 2.45) is 41.4 Å². The highest BCUT2D eigenvalue weighted by Gasteiger charge is 2.53. The molecule has 0 bridgehead atoms. The molecule has 0 spiro atoms. The number of rotatable bonds is 3. The summed E-state index contributed by atoms with van der Waals surface area (Å²) in [7, 11) is 0. The minimum atomic E-state index is 0.893. The summed E-state index contributed by atoms with van der Waals surface area (Å²) >= 11 is 0. The van der Waals surface area contributed by atoms with Gasteiger partial charge in [0.15, 0.2) is 0 Å². The summed E-state index contributed by atoms with van der Waals surface area (Å²) in [5, 5.41) is 0. The van der Waals surface area contributed by atoms with Gasteiger partial charge in [-0.2, -0.15) is 0 Å². The largest absolute Gasteiger partial charge is 0.0628 e. The predicted octanol–water partition coefficient (Wildman–Crippen LogP) is 4.60. The Morgan fingerprint density at radius 1 is 1.07 bits per heavy atom. The van der Waals surface area contributed by atoms with E-state index in [4.69, 9.17) is 0 Å². The Kier molecular flexibility index (Phi) is 3.14. The van der Waals surface area contributed by atoms with Crippen molar-refractivity contribution in [2.75, 3.05) is 0 Å². The average molecular weight is 208 g/mol.